The zero-order valence-corrected chi connectivity index (χ0v) is 20.5. The van der Waals surface area contributed by atoms with Gasteiger partial charge < -0.3 is 9.64 Å². The monoisotopic (exact) mass is 471 g/mol. The molecule has 8 heteroatoms. The number of carbonyl (C=O) groups is 1. The Hall–Kier alpha value is -2.42. The number of piperazine rings is 1. The highest BCUT2D eigenvalue weighted by molar-refractivity contribution is 7.89. The molecule has 0 saturated carbocycles. The molecule has 1 atom stereocenters. The van der Waals surface area contributed by atoms with Gasteiger partial charge in [-0.15, -0.1) is 0 Å². The van der Waals surface area contributed by atoms with Crippen LogP contribution >= 0.6 is 0 Å². The van der Waals surface area contributed by atoms with E-state index in [0.717, 1.165) is 36.1 Å². The van der Waals surface area contributed by atoms with Crippen molar-refractivity contribution in [3.63, 3.8) is 0 Å². The Bertz CT molecular complexity index is 1110. The Balaban J connectivity index is 1.35. The van der Waals surface area contributed by atoms with Crippen molar-refractivity contribution < 1.29 is 17.9 Å². The molecule has 1 saturated heterocycles. The largest absolute Gasteiger partial charge is 0.496 e. The minimum atomic E-state index is -3.54. The first-order valence-electron chi connectivity index (χ1n) is 11.5. The standard InChI is InChI=1S/C25H33N3O4S/c1-19(23-9-4-5-10-24(23)32-3)26(2)18-25(29)27-13-15-28(16-14-27)33(30,31)22-12-11-20-7-6-8-21(20)17-22/h4-5,9-12,17,19H,6-8,13-16,18H2,1-3H3. The molecule has 2 aromatic carbocycles. The minimum absolute atomic E-state index is 0.00609. The third-order valence-electron chi connectivity index (χ3n) is 6.93. The van der Waals surface area contributed by atoms with E-state index in [1.807, 2.05) is 55.3 Å². The lowest BCUT2D eigenvalue weighted by Gasteiger charge is -2.35. The van der Waals surface area contributed by atoms with Gasteiger partial charge in [-0.25, -0.2) is 8.42 Å². The lowest BCUT2D eigenvalue weighted by atomic mass is 10.1. The van der Waals surface area contributed by atoms with E-state index in [1.54, 1.807) is 18.1 Å². The molecule has 1 aliphatic heterocycles. The molecule has 2 aromatic rings. The van der Waals surface area contributed by atoms with Gasteiger partial charge in [-0.1, -0.05) is 24.3 Å². The van der Waals surface area contributed by atoms with Crippen LogP contribution < -0.4 is 4.74 Å². The van der Waals surface area contributed by atoms with Gasteiger partial charge in [-0.3, -0.25) is 9.69 Å². The van der Waals surface area contributed by atoms with Gasteiger partial charge in [0.2, 0.25) is 15.9 Å². The average Bonchev–Trinajstić information content (AvgIpc) is 3.31. The van der Waals surface area contributed by atoms with Gasteiger partial charge in [0.1, 0.15) is 5.75 Å². The Morgan fingerprint density at radius 2 is 1.76 bits per heavy atom. The maximum Gasteiger partial charge on any atom is 0.243 e. The summed E-state index contributed by atoms with van der Waals surface area (Å²) in [6.45, 7) is 3.75. The number of amides is 1. The average molecular weight is 472 g/mol. The Morgan fingerprint density at radius 3 is 2.48 bits per heavy atom. The van der Waals surface area contributed by atoms with Crippen molar-refractivity contribution in [1.29, 1.82) is 0 Å². The van der Waals surface area contributed by atoms with Crippen molar-refractivity contribution in [2.24, 2.45) is 0 Å². The summed E-state index contributed by atoms with van der Waals surface area (Å²) in [4.78, 5) is 17.1. The first kappa shape index (κ1) is 23.7. The molecule has 2 aliphatic rings. The molecule has 1 amide bonds. The molecular formula is C25H33N3O4S. The summed E-state index contributed by atoms with van der Waals surface area (Å²) in [7, 11) is 0.0241. The number of sulfonamides is 1. The lowest BCUT2D eigenvalue weighted by molar-refractivity contribution is -0.133. The second-order valence-corrected chi connectivity index (χ2v) is 10.8. The molecule has 0 bridgehead atoms. The molecule has 1 fully saturated rings. The topological polar surface area (TPSA) is 70.2 Å². The molecule has 0 radical (unpaired) electrons. The van der Waals surface area contributed by atoms with Crippen LogP contribution in [0.5, 0.6) is 5.75 Å². The Morgan fingerprint density at radius 1 is 1.06 bits per heavy atom. The van der Waals surface area contributed by atoms with E-state index in [9.17, 15) is 13.2 Å². The lowest BCUT2D eigenvalue weighted by Crippen LogP contribution is -2.52. The van der Waals surface area contributed by atoms with E-state index in [1.165, 1.54) is 9.87 Å². The normalized spacial score (nSPS) is 17.8. The fourth-order valence-corrected chi connectivity index (χ4v) is 6.21. The number of benzene rings is 2. The van der Waals surface area contributed by atoms with E-state index in [2.05, 4.69) is 0 Å². The summed E-state index contributed by atoms with van der Waals surface area (Å²) in [5.41, 5.74) is 3.44. The highest BCUT2D eigenvalue weighted by Crippen LogP contribution is 2.29. The number of hydrogen-bond donors (Lipinski definition) is 0. The second kappa shape index (κ2) is 9.83. The minimum Gasteiger partial charge on any atom is -0.496 e. The Labute approximate surface area is 197 Å². The fourth-order valence-electron chi connectivity index (χ4n) is 4.73. The van der Waals surface area contributed by atoms with Gasteiger partial charge in [0, 0.05) is 37.8 Å². The van der Waals surface area contributed by atoms with E-state index in [-0.39, 0.29) is 18.5 Å². The maximum atomic E-state index is 13.2. The maximum absolute atomic E-state index is 13.2. The van der Waals surface area contributed by atoms with Gasteiger partial charge >= 0.3 is 0 Å². The SMILES string of the molecule is COc1ccccc1C(C)N(C)CC(=O)N1CCN(S(=O)(=O)c2ccc3c(c2)CCC3)CC1. The number of nitrogens with zero attached hydrogens (tertiary/aromatic N) is 3. The van der Waals surface area contributed by atoms with Crippen molar-refractivity contribution in [3.05, 3.63) is 59.2 Å². The van der Waals surface area contributed by atoms with E-state index < -0.39 is 10.0 Å². The third-order valence-corrected chi connectivity index (χ3v) is 8.83. The number of methoxy groups -OCH3 is 1. The molecule has 7 nitrogen and oxygen atoms in total. The van der Waals surface area contributed by atoms with Crippen molar-refractivity contribution in [1.82, 2.24) is 14.1 Å². The fraction of sp³-hybridized carbons (Fsp3) is 0.480. The van der Waals surface area contributed by atoms with Crippen LogP contribution in [-0.2, 0) is 27.7 Å². The molecule has 1 unspecified atom stereocenters. The molecule has 33 heavy (non-hydrogen) atoms. The zero-order chi connectivity index (χ0) is 23.6. The van der Waals surface area contributed by atoms with Crippen molar-refractivity contribution in [2.75, 3.05) is 46.9 Å². The molecule has 0 spiro atoms. The second-order valence-electron chi connectivity index (χ2n) is 8.90. The number of para-hydroxylation sites is 1. The number of carbonyl (C=O) groups excluding carboxylic acids is 1. The first-order valence-corrected chi connectivity index (χ1v) is 13.0. The number of likely N-dealkylation sites (N-methyl/N-ethyl adjacent to an activating group) is 1. The number of ether oxygens (including phenoxy) is 1. The molecule has 1 aliphatic carbocycles. The summed E-state index contributed by atoms with van der Waals surface area (Å²) >= 11 is 0. The number of fused-ring (bicyclic) bond motifs is 1. The van der Waals surface area contributed by atoms with Crippen LogP contribution in [0.2, 0.25) is 0 Å². The molecule has 1 heterocycles. The first-order chi connectivity index (χ1) is 15.8. The quantitative estimate of drug-likeness (QED) is 0.621. The smallest absolute Gasteiger partial charge is 0.243 e. The van der Waals surface area contributed by atoms with Gasteiger partial charge in [0.05, 0.1) is 18.6 Å². The van der Waals surface area contributed by atoms with Crippen LogP contribution in [0.3, 0.4) is 0 Å². The van der Waals surface area contributed by atoms with E-state index in [0.29, 0.717) is 31.1 Å². The van der Waals surface area contributed by atoms with Crippen LogP contribution in [0.25, 0.3) is 0 Å². The summed E-state index contributed by atoms with van der Waals surface area (Å²) in [5, 5.41) is 0. The van der Waals surface area contributed by atoms with Gasteiger partial charge in [0.15, 0.2) is 0 Å². The molecule has 4 rings (SSSR count). The van der Waals surface area contributed by atoms with Gasteiger partial charge in [0.25, 0.3) is 0 Å². The highest BCUT2D eigenvalue weighted by Gasteiger charge is 2.31. The zero-order valence-electron chi connectivity index (χ0n) is 19.7. The summed E-state index contributed by atoms with van der Waals surface area (Å²) < 4.78 is 33.3. The van der Waals surface area contributed by atoms with Crippen LogP contribution in [0.4, 0.5) is 0 Å². The number of rotatable bonds is 7. The van der Waals surface area contributed by atoms with Gasteiger partial charge in [-0.2, -0.15) is 4.31 Å². The van der Waals surface area contributed by atoms with Crippen LogP contribution in [0, 0.1) is 0 Å². The summed E-state index contributed by atoms with van der Waals surface area (Å²) in [6.07, 6.45) is 3.06. The van der Waals surface area contributed by atoms with E-state index in [4.69, 9.17) is 4.74 Å². The predicted octanol–water partition coefficient (Wildman–Crippen LogP) is 2.71. The van der Waals surface area contributed by atoms with Crippen LogP contribution in [0.15, 0.2) is 47.4 Å². The van der Waals surface area contributed by atoms with Crippen LogP contribution in [-0.4, -0.2) is 75.3 Å². The predicted molar refractivity (Wildman–Crippen MR) is 128 cm³/mol. The molecule has 0 N–H and O–H groups in total. The number of hydrogen-bond acceptors (Lipinski definition) is 5. The van der Waals surface area contributed by atoms with Crippen molar-refractivity contribution in [2.45, 2.75) is 37.1 Å². The van der Waals surface area contributed by atoms with Crippen molar-refractivity contribution in [3.8, 4) is 5.75 Å². The summed E-state index contributed by atoms with van der Waals surface area (Å²) in [5.74, 6) is 0.809. The van der Waals surface area contributed by atoms with Gasteiger partial charge in [-0.05, 0) is 62.6 Å². The van der Waals surface area contributed by atoms with Crippen LogP contribution in [0.1, 0.15) is 36.1 Å². The Kier molecular flexibility index (Phi) is 7.07. The van der Waals surface area contributed by atoms with Crippen molar-refractivity contribution >= 4 is 15.9 Å². The molecule has 0 aromatic heterocycles. The highest BCUT2D eigenvalue weighted by atomic mass is 32.2. The van der Waals surface area contributed by atoms with E-state index >= 15 is 0 Å². The molecular weight excluding hydrogens is 438 g/mol. The number of aryl methyl sites for hydroxylation is 2. The summed E-state index contributed by atoms with van der Waals surface area (Å²) in [6, 6.07) is 13.3. The molecule has 178 valence electrons. The third kappa shape index (κ3) is 4.93.